The molecule has 0 amide bonds. The second kappa shape index (κ2) is 5.38. The van der Waals surface area contributed by atoms with E-state index in [1.807, 2.05) is 25.1 Å². The van der Waals surface area contributed by atoms with Gasteiger partial charge in [0.2, 0.25) is 0 Å². The van der Waals surface area contributed by atoms with Crippen LogP contribution in [0.15, 0.2) is 18.2 Å². The van der Waals surface area contributed by atoms with Gasteiger partial charge in [-0.15, -0.1) is 0 Å². The Morgan fingerprint density at radius 2 is 2.06 bits per heavy atom. The second-order valence-corrected chi connectivity index (χ2v) is 3.58. The van der Waals surface area contributed by atoms with Crippen LogP contribution in [0.4, 0.5) is 0 Å². The molecular formula is C12H16N2O2. The summed E-state index contributed by atoms with van der Waals surface area (Å²) in [6.07, 6.45) is -0.510. The molecule has 0 saturated heterocycles. The molecule has 0 heterocycles. The van der Waals surface area contributed by atoms with E-state index in [1.165, 1.54) is 0 Å². The van der Waals surface area contributed by atoms with Crippen LogP contribution >= 0.6 is 0 Å². The Hall–Kier alpha value is -1.73. The van der Waals surface area contributed by atoms with Gasteiger partial charge < -0.3 is 15.2 Å². The van der Waals surface area contributed by atoms with Crippen molar-refractivity contribution in [2.24, 2.45) is 5.73 Å². The average Bonchev–Trinajstić information content (AvgIpc) is 2.28. The third-order valence-electron chi connectivity index (χ3n) is 2.20. The Morgan fingerprint density at radius 1 is 1.38 bits per heavy atom. The number of rotatable bonds is 4. The zero-order chi connectivity index (χ0) is 12.1. The fraction of sp³-hybridized carbons (Fsp3) is 0.417. The van der Waals surface area contributed by atoms with Gasteiger partial charge in [0, 0.05) is 17.7 Å². The molecule has 0 aliphatic carbocycles. The third kappa shape index (κ3) is 2.88. The van der Waals surface area contributed by atoms with E-state index in [0.717, 1.165) is 5.56 Å². The summed E-state index contributed by atoms with van der Waals surface area (Å²) in [6.45, 7) is 3.55. The summed E-state index contributed by atoms with van der Waals surface area (Å²) in [5, 5.41) is 8.71. The lowest BCUT2D eigenvalue weighted by molar-refractivity contribution is 0.270. The van der Waals surface area contributed by atoms with Gasteiger partial charge in [0.05, 0.1) is 7.11 Å². The summed E-state index contributed by atoms with van der Waals surface area (Å²) in [5.74, 6) is 1.29. The molecule has 1 rings (SSSR count). The summed E-state index contributed by atoms with van der Waals surface area (Å²) >= 11 is 0. The van der Waals surface area contributed by atoms with Gasteiger partial charge in [0.15, 0.2) is 6.10 Å². The van der Waals surface area contributed by atoms with E-state index < -0.39 is 6.10 Å². The molecule has 0 fully saturated rings. The van der Waals surface area contributed by atoms with Crippen molar-refractivity contribution in [2.45, 2.75) is 26.0 Å². The standard InChI is InChI=1S/C12H16N2O2/c1-8(7-13)16-12-6-10(15-3)4-5-11(12)9(2)14/h4-6,8-9H,14H2,1-3H3/t8?,9-/m1/s1. The minimum absolute atomic E-state index is 0.146. The van der Waals surface area contributed by atoms with E-state index >= 15 is 0 Å². The first kappa shape index (κ1) is 12.3. The van der Waals surface area contributed by atoms with Crippen LogP contribution in [0.1, 0.15) is 25.5 Å². The molecule has 0 aliphatic rings. The topological polar surface area (TPSA) is 68.3 Å². The predicted molar refractivity (Wildman–Crippen MR) is 61.3 cm³/mol. The molecule has 2 N–H and O–H groups in total. The van der Waals surface area contributed by atoms with Crippen LogP contribution in [0.2, 0.25) is 0 Å². The van der Waals surface area contributed by atoms with E-state index in [9.17, 15) is 0 Å². The minimum atomic E-state index is -0.510. The highest BCUT2D eigenvalue weighted by molar-refractivity contribution is 5.42. The van der Waals surface area contributed by atoms with E-state index in [2.05, 4.69) is 0 Å². The van der Waals surface area contributed by atoms with Crippen LogP contribution in [0, 0.1) is 11.3 Å². The molecule has 1 aromatic rings. The first-order valence-corrected chi connectivity index (χ1v) is 5.08. The van der Waals surface area contributed by atoms with Crippen molar-refractivity contribution < 1.29 is 9.47 Å². The van der Waals surface area contributed by atoms with E-state index in [-0.39, 0.29) is 6.04 Å². The summed E-state index contributed by atoms with van der Waals surface area (Å²) in [4.78, 5) is 0. The molecule has 0 saturated carbocycles. The maximum atomic E-state index is 8.71. The number of hydrogen-bond acceptors (Lipinski definition) is 4. The molecule has 86 valence electrons. The number of nitrogens with two attached hydrogens (primary N) is 1. The molecule has 4 heteroatoms. The molecule has 1 unspecified atom stereocenters. The van der Waals surface area contributed by atoms with Gasteiger partial charge in [-0.05, 0) is 19.9 Å². The zero-order valence-electron chi connectivity index (χ0n) is 9.73. The normalized spacial score (nSPS) is 13.7. The van der Waals surface area contributed by atoms with Crippen molar-refractivity contribution in [3.05, 3.63) is 23.8 Å². The van der Waals surface area contributed by atoms with E-state index in [0.29, 0.717) is 11.5 Å². The van der Waals surface area contributed by atoms with Crippen molar-refractivity contribution in [1.82, 2.24) is 0 Å². The highest BCUT2D eigenvalue weighted by Gasteiger charge is 2.12. The van der Waals surface area contributed by atoms with Gasteiger partial charge in [-0.2, -0.15) is 5.26 Å². The van der Waals surface area contributed by atoms with Gasteiger partial charge in [-0.1, -0.05) is 6.07 Å². The Kier molecular flexibility index (Phi) is 4.15. The zero-order valence-corrected chi connectivity index (χ0v) is 9.73. The van der Waals surface area contributed by atoms with Gasteiger partial charge in [-0.25, -0.2) is 0 Å². The number of benzene rings is 1. The van der Waals surface area contributed by atoms with Crippen molar-refractivity contribution in [1.29, 1.82) is 5.26 Å². The fourth-order valence-corrected chi connectivity index (χ4v) is 1.34. The average molecular weight is 220 g/mol. The summed E-state index contributed by atoms with van der Waals surface area (Å²) in [5.41, 5.74) is 6.68. The second-order valence-electron chi connectivity index (χ2n) is 3.58. The maximum absolute atomic E-state index is 8.71. The van der Waals surface area contributed by atoms with Crippen molar-refractivity contribution in [3.8, 4) is 17.6 Å². The van der Waals surface area contributed by atoms with Crippen molar-refractivity contribution in [3.63, 3.8) is 0 Å². The molecule has 4 nitrogen and oxygen atoms in total. The summed E-state index contributed by atoms with van der Waals surface area (Å²) < 4.78 is 10.6. The predicted octanol–water partition coefficient (Wildman–Crippen LogP) is 2.01. The molecule has 0 radical (unpaired) electrons. The third-order valence-corrected chi connectivity index (χ3v) is 2.20. The lowest BCUT2D eigenvalue weighted by atomic mass is 10.1. The van der Waals surface area contributed by atoms with Crippen LogP contribution < -0.4 is 15.2 Å². The summed E-state index contributed by atoms with van der Waals surface area (Å²) in [6, 6.07) is 7.28. The minimum Gasteiger partial charge on any atom is -0.497 e. The van der Waals surface area contributed by atoms with Crippen molar-refractivity contribution >= 4 is 0 Å². The number of ether oxygens (including phenoxy) is 2. The van der Waals surface area contributed by atoms with E-state index in [4.69, 9.17) is 20.5 Å². The van der Waals surface area contributed by atoms with Crippen LogP contribution in [0.3, 0.4) is 0 Å². The Labute approximate surface area is 95.6 Å². The highest BCUT2D eigenvalue weighted by Crippen LogP contribution is 2.29. The molecule has 0 spiro atoms. The molecule has 2 atom stereocenters. The molecule has 0 aliphatic heterocycles. The largest absolute Gasteiger partial charge is 0.497 e. The Balaban J connectivity index is 3.06. The molecular weight excluding hydrogens is 204 g/mol. The van der Waals surface area contributed by atoms with Gasteiger partial charge >= 0.3 is 0 Å². The highest BCUT2D eigenvalue weighted by atomic mass is 16.5. The monoisotopic (exact) mass is 220 g/mol. The Morgan fingerprint density at radius 3 is 2.56 bits per heavy atom. The van der Waals surface area contributed by atoms with Gasteiger partial charge in [0.25, 0.3) is 0 Å². The lowest BCUT2D eigenvalue weighted by Gasteiger charge is -2.16. The quantitative estimate of drug-likeness (QED) is 0.842. The van der Waals surface area contributed by atoms with Crippen LogP contribution in [0.5, 0.6) is 11.5 Å². The van der Waals surface area contributed by atoms with Crippen LogP contribution in [-0.2, 0) is 0 Å². The summed E-state index contributed by atoms with van der Waals surface area (Å²) in [7, 11) is 1.58. The van der Waals surface area contributed by atoms with Crippen LogP contribution in [0.25, 0.3) is 0 Å². The first-order valence-electron chi connectivity index (χ1n) is 5.08. The Bertz CT molecular complexity index is 396. The molecule has 16 heavy (non-hydrogen) atoms. The SMILES string of the molecule is COc1ccc([C@@H](C)N)c(OC(C)C#N)c1. The number of methoxy groups -OCH3 is 1. The van der Waals surface area contributed by atoms with Gasteiger partial charge in [0.1, 0.15) is 17.6 Å². The first-order chi connectivity index (χ1) is 7.58. The smallest absolute Gasteiger partial charge is 0.181 e. The van der Waals surface area contributed by atoms with E-state index in [1.54, 1.807) is 20.1 Å². The molecule has 0 bridgehead atoms. The fourth-order valence-electron chi connectivity index (χ4n) is 1.34. The number of nitrogens with zero attached hydrogens (tertiary/aromatic N) is 1. The number of nitriles is 1. The van der Waals surface area contributed by atoms with Gasteiger partial charge in [-0.3, -0.25) is 0 Å². The lowest BCUT2D eigenvalue weighted by Crippen LogP contribution is -2.13. The maximum Gasteiger partial charge on any atom is 0.181 e. The molecule has 1 aromatic carbocycles. The number of hydrogen-bond donors (Lipinski definition) is 1. The van der Waals surface area contributed by atoms with Crippen molar-refractivity contribution in [2.75, 3.05) is 7.11 Å². The molecule has 0 aromatic heterocycles. The van der Waals surface area contributed by atoms with Crippen LogP contribution in [-0.4, -0.2) is 13.2 Å².